The maximum Gasteiger partial charge on any atom is 0.348 e. The molecule has 1 fully saturated rings. The van der Waals surface area contributed by atoms with Gasteiger partial charge in [-0.05, 0) is 24.6 Å². The number of carbonyl (C=O) groups is 2. The average Bonchev–Trinajstić information content (AvgIpc) is 3.06. The predicted octanol–water partition coefficient (Wildman–Crippen LogP) is 1.53. The Bertz CT molecular complexity index is 523. The van der Waals surface area contributed by atoms with Crippen LogP contribution >= 0.6 is 11.3 Å². The Morgan fingerprint density at radius 3 is 3.10 bits per heavy atom. The quantitative estimate of drug-likeness (QED) is 0.837. The van der Waals surface area contributed by atoms with Gasteiger partial charge in [0.05, 0.1) is 19.8 Å². The first-order valence-corrected chi connectivity index (χ1v) is 7.22. The molecule has 0 aromatic carbocycles. The van der Waals surface area contributed by atoms with E-state index < -0.39 is 0 Å². The van der Waals surface area contributed by atoms with Gasteiger partial charge < -0.3 is 14.7 Å². The Balaban J connectivity index is 1.94. The maximum atomic E-state index is 11.6. The standard InChI is InChI=1S/C14H17NO4S/c1-19-14(18)12-6-5-11(20-12)3-2-8-15-10(9-16)4-7-13(15)17/h2-3,5-6,10,16H,4,7-9H2,1H3. The SMILES string of the molecule is COC(=O)c1ccc(C=CCN2C(=O)CCC2CO)s1. The first kappa shape index (κ1) is 14.7. The van der Waals surface area contributed by atoms with Gasteiger partial charge in [0.25, 0.3) is 0 Å². The summed E-state index contributed by atoms with van der Waals surface area (Å²) in [4.78, 5) is 26.1. The van der Waals surface area contributed by atoms with Gasteiger partial charge in [-0.2, -0.15) is 0 Å². The highest BCUT2D eigenvalue weighted by Gasteiger charge is 2.28. The Labute approximate surface area is 121 Å². The lowest BCUT2D eigenvalue weighted by atomic mass is 10.2. The Kier molecular flexibility index (Phi) is 4.92. The van der Waals surface area contributed by atoms with E-state index in [4.69, 9.17) is 0 Å². The third kappa shape index (κ3) is 3.26. The summed E-state index contributed by atoms with van der Waals surface area (Å²) in [5.41, 5.74) is 0. The Hall–Kier alpha value is -1.66. The zero-order valence-corrected chi connectivity index (χ0v) is 12.1. The van der Waals surface area contributed by atoms with Crippen LogP contribution in [-0.4, -0.2) is 48.2 Å². The van der Waals surface area contributed by atoms with Crippen LogP contribution in [-0.2, 0) is 9.53 Å². The molecule has 2 rings (SSSR count). The number of rotatable bonds is 5. The summed E-state index contributed by atoms with van der Waals surface area (Å²) in [5.74, 6) is -0.264. The molecule has 1 unspecified atom stereocenters. The summed E-state index contributed by atoms with van der Waals surface area (Å²) >= 11 is 1.34. The third-order valence-corrected chi connectivity index (χ3v) is 4.29. The number of esters is 1. The van der Waals surface area contributed by atoms with E-state index in [-0.39, 0.29) is 24.5 Å². The van der Waals surface area contributed by atoms with Gasteiger partial charge in [-0.25, -0.2) is 4.79 Å². The molecule has 1 aliphatic rings. The van der Waals surface area contributed by atoms with Crippen molar-refractivity contribution >= 4 is 29.3 Å². The van der Waals surface area contributed by atoms with Crippen LogP contribution < -0.4 is 0 Å². The van der Waals surface area contributed by atoms with Crippen LogP contribution in [0.1, 0.15) is 27.4 Å². The summed E-state index contributed by atoms with van der Waals surface area (Å²) in [7, 11) is 1.35. The molecule has 20 heavy (non-hydrogen) atoms. The fourth-order valence-corrected chi connectivity index (χ4v) is 3.03. The molecule has 0 radical (unpaired) electrons. The summed E-state index contributed by atoms with van der Waals surface area (Å²) < 4.78 is 4.64. The second kappa shape index (κ2) is 6.67. The Morgan fingerprint density at radius 2 is 2.40 bits per heavy atom. The van der Waals surface area contributed by atoms with Gasteiger partial charge >= 0.3 is 5.97 Å². The number of likely N-dealkylation sites (tertiary alicyclic amines) is 1. The van der Waals surface area contributed by atoms with Gasteiger partial charge in [0.2, 0.25) is 5.91 Å². The number of ether oxygens (including phenoxy) is 1. The topological polar surface area (TPSA) is 66.8 Å². The minimum atomic E-state index is -0.343. The monoisotopic (exact) mass is 295 g/mol. The van der Waals surface area contributed by atoms with E-state index in [1.807, 2.05) is 18.2 Å². The van der Waals surface area contributed by atoms with Crippen LogP contribution in [0.4, 0.5) is 0 Å². The molecule has 1 aromatic heterocycles. The minimum Gasteiger partial charge on any atom is -0.465 e. The molecule has 108 valence electrons. The van der Waals surface area contributed by atoms with Crippen molar-refractivity contribution in [3.63, 3.8) is 0 Å². The molecule has 1 N–H and O–H groups in total. The molecule has 6 heteroatoms. The third-order valence-electron chi connectivity index (χ3n) is 3.26. The fraction of sp³-hybridized carbons (Fsp3) is 0.429. The molecule has 0 saturated carbocycles. The molecule has 1 saturated heterocycles. The zero-order chi connectivity index (χ0) is 14.5. The van der Waals surface area contributed by atoms with Gasteiger partial charge in [0, 0.05) is 17.8 Å². The predicted molar refractivity (Wildman–Crippen MR) is 76.5 cm³/mol. The smallest absolute Gasteiger partial charge is 0.348 e. The van der Waals surface area contributed by atoms with Crippen molar-refractivity contribution < 1.29 is 19.4 Å². The van der Waals surface area contributed by atoms with Gasteiger partial charge in [-0.3, -0.25) is 4.79 Å². The number of amides is 1. The summed E-state index contributed by atoms with van der Waals surface area (Å²) in [6.07, 6.45) is 4.97. The summed E-state index contributed by atoms with van der Waals surface area (Å²) in [6, 6.07) is 3.48. The molecular weight excluding hydrogens is 278 g/mol. The molecule has 5 nitrogen and oxygen atoms in total. The molecule has 1 amide bonds. The van der Waals surface area contributed by atoms with Crippen molar-refractivity contribution in [1.82, 2.24) is 4.90 Å². The van der Waals surface area contributed by atoms with Crippen molar-refractivity contribution in [3.8, 4) is 0 Å². The molecule has 2 heterocycles. The fourth-order valence-electron chi connectivity index (χ4n) is 2.17. The molecule has 0 aliphatic carbocycles. The Morgan fingerprint density at radius 1 is 1.60 bits per heavy atom. The van der Waals surface area contributed by atoms with Gasteiger partial charge in [-0.1, -0.05) is 6.08 Å². The van der Waals surface area contributed by atoms with E-state index in [0.29, 0.717) is 24.3 Å². The van der Waals surface area contributed by atoms with Crippen molar-refractivity contribution in [2.45, 2.75) is 18.9 Å². The lowest BCUT2D eigenvalue weighted by Crippen LogP contribution is -2.35. The van der Waals surface area contributed by atoms with Gasteiger partial charge in [-0.15, -0.1) is 11.3 Å². The van der Waals surface area contributed by atoms with E-state index in [9.17, 15) is 14.7 Å². The van der Waals surface area contributed by atoms with Crippen molar-refractivity contribution in [3.05, 3.63) is 28.0 Å². The number of carbonyl (C=O) groups excluding carboxylic acids is 2. The number of aliphatic hydroxyl groups excluding tert-OH is 1. The lowest BCUT2D eigenvalue weighted by Gasteiger charge is -2.21. The highest BCUT2D eigenvalue weighted by atomic mass is 32.1. The number of hydrogen-bond donors (Lipinski definition) is 1. The van der Waals surface area contributed by atoms with Crippen molar-refractivity contribution in [2.75, 3.05) is 20.3 Å². The maximum absolute atomic E-state index is 11.6. The summed E-state index contributed by atoms with van der Waals surface area (Å²) in [5, 5.41) is 9.19. The van der Waals surface area contributed by atoms with Gasteiger partial charge in [0.15, 0.2) is 0 Å². The van der Waals surface area contributed by atoms with Crippen LogP contribution in [0.2, 0.25) is 0 Å². The van der Waals surface area contributed by atoms with Crippen LogP contribution in [0.25, 0.3) is 6.08 Å². The van der Waals surface area contributed by atoms with Crippen LogP contribution in [0.5, 0.6) is 0 Å². The van der Waals surface area contributed by atoms with Gasteiger partial charge in [0.1, 0.15) is 4.88 Å². The highest BCUT2D eigenvalue weighted by molar-refractivity contribution is 7.14. The zero-order valence-electron chi connectivity index (χ0n) is 11.2. The van der Waals surface area contributed by atoms with Crippen molar-refractivity contribution in [1.29, 1.82) is 0 Å². The number of aliphatic hydroxyl groups is 1. The average molecular weight is 295 g/mol. The number of thiophene rings is 1. The second-order valence-electron chi connectivity index (χ2n) is 4.52. The van der Waals surface area contributed by atoms with E-state index in [1.165, 1.54) is 18.4 Å². The molecule has 1 atom stereocenters. The van der Waals surface area contributed by atoms with E-state index >= 15 is 0 Å². The molecule has 0 spiro atoms. The lowest BCUT2D eigenvalue weighted by molar-refractivity contribution is -0.128. The van der Waals surface area contributed by atoms with E-state index in [2.05, 4.69) is 4.74 Å². The van der Waals surface area contributed by atoms with Crippen LogP contribution in [0.15, 0.2) is 18.2 Å². The van der Waals surface area contributed by atoms with E-state index in [1.54, 1.807) is 11.0 Å². The number of nitrogens with zero attached hydrogens (tertiary/aromatic N) is 1. The van der Waals surface area contributed by atoms with Crippen LogP contribution in [0.3, 0.4) is 0 Å². The van der Waals surface area contributed by atoms with Crippen LogP contribution in [0, 0.1) is 0 Å². The molecule has 1 aliphatic heterocycles. The molecular formula is C14H17NO4S. The number of hydrogen-bond acceptors (Lipinski definition) is 5. The van der Waals surface area contributed by atoms with Crippen molar-refractivity contribution in [2.24, 2.45) is 0 Å². The first-order chi connectivity index (χ1) is 9.65. The summed E-state index contributed by atoms with van der Waals surface area (Å²) in [6.45, 7) is 0.487. The highest BCUT2D eigenvalue weighted by Crippen LogP contribution is 2.20. The first-order valence-electron chi connectivity index (χ1n) is 6.40. The largest absolute Gasteiger partial charge is 0.465 e. The number of methoxy groups -OCH3 is 1. The van der Waals surface area contributed by atoms with E-state index in [0.717, 1.165) is 4.88 Å². The normalized spacial score (nSPS) is 19.0. The minimum absolute atomic E-state index is 0.00503. The second-order valence-corrected chi connectivity index (χ2v) is 5.63. The molecule has 0 bridgehead atoms. The molecule has 1 aromatic rings.